The summed E-state index contributed by atoms with van der Waals surface area (Å²) in [5, 5.41) is 4.34. The molecule has 0 radical (unpaired) electrons. The summed E-state index contributed by atoms with van der Waals surface area (Å²) in [5.74, 6) is 0.559. The van der Waals surface area contributed by atoms with E-state index in [9.17, 15) is 4.79 Å². The number of nitrogens with zero attached hydrogens (tertiary/aromatic N) is 1. The minimum absolute atomic E-state index is 0.352. The Kier molecular flexibility index (Phi) is 5.24. The number of nitrogens with one attached hydrogen (secondary N) is 3. The topological polar surface area (TPSA) is 91.5 Å². The van der Waals surface area contributed by atoms with Gasteiger partial charge in [-0.2, -0.15) is 5.10 Å². The van der Waals surface area contributed by atoms with Crippen molar-refractivity contribution in [1.29, 1.82) is 0 Å². The first-order chi connectivity index (χ1) is 12.5. The van der Waals surface area contributed by atoms with Crippen molar-refractivity contribution in [2.24, 2.45) is 5.10 Å². The third-order valence-corrected chi connectivity index (χ3v) is 4.10. The van der Waals surface area contributed by atoms with Gasteiger partial charge in [0.1, 0.15) is 0 Å². The van der Waals surface area contributed by atoms with Gasteiger partial charge in [0.15, 0.2) is 16.3 Å². The molecule has 1 aromatic heterocycles. The van der Waals surface area contributed by atoms with Gasteiger partial charge in [0.05, 0.1) is 36.5 Å². The van der Waals surface area contributed by atoms with Crippen molar-refractivity contribution >= 4 is 47.0 Å². The van der Waals surface area contributed by atoms with E-state index >= 15 is 0 Å². The number of hydrogen-bond acceptors (Lipinski definition) is 5. The van der Waals surface area contributed by atoms with Gasteiger partial charge >= 0.3 is 0 Å². The predicted molar refractivity (Wildman–Crippen MR) is 103 cm³/mol. The molecule has 0 aliphatic heterocycles. The molecule has 2 aromatic carbocycles. The molecule has 9 heteroatoms. The van der Waals surface area contributed by atoms with Crippen LogP contribution in [0.5, 0.6) is 11.5 Å². The number of benzene rings is 2. The average molecular weight is 391 g/mol. The maximum absolute atomic E-state index is 12.2. The highest BCUT2D eigenvalue weighted by Crippen LogP contribution is 2.35. The monoisotopic (exact) mass is 390 g/mol. The van der Waals surface area contributed by atoms with E-state index in [1.807, 2.05) is 0 Å². The Bertz CT molecular complexity index is 1060. The first-order valence-corrected chi connectivity index (χ1v) is 8.27. The van der Waals surface area contributed by atoms with Crippen LogP contribution in [0.1, 0.15) is 15.9 Å². The van der Waals surface area contributed by atoms with E-state index in [-0.39, 0.29) is 5.91 Å². The smallest absolute Gasteiger partial charge is 0.271 e. The van der Waals surface area contributed by atoms with Crippen molar-refractivity contribution in [2.45, 2.75) is 0 Å². The quantitative estimate of drug-likeness (QED) is 0.352. The Morgan fingerprint density at radius 1 is 1.19 bits per heavy atom. The molecule has 26 heavy (non-hydrogen) atoms. The minimum atomic E-state index is -0.352. The summed E-state index contributed by atoms with van der Waals surface area (Å²) in [7, 11) is 3.02. The SMILES string of the molecule is COc1cc(/C=N\NC(=O)c2ccc3[nH]c(=S)[nH]c3c2)cc(Cl)c1OC. The average Bonchev–Trinajstić information content (AvgIpc) is 3.00. The molecule has 0 aliphatic carbocycles. The fourth-order valence-corrected chi connectivity index (χ4v) is 2.93. The van der Waals surface area contributed by atoms with Crippen LogP contribution in [0.15, 0.2) is 35.4 Å². The number of aromatic nitrogens is 2. The summed E-state index contributed by atoms with van der Waals surface area (Å²) in [6.45, 7) is 0. The molecule has 0 unspecified atom stereocenters. The molecule has 1 heterocycles. The van der Waals surface area contributed by atoms with Crippen molar-refractivity contribution < 1.29 is 14.3 Å². The molecule has 0 saturated carbocycles. The van der Waals surface area contributed by atoms with Crippen LogP contribution in [0.25, 0.3) is 11.0 Å². The Morgan fingerprint density at radius 2 is 1.96 bits per heavy atom. The molecule has 0 fully saturated rings. The molecule has 1 amide bonds. The molecule has 134 valence electrons. The highest BCUT2D eigenvalue weighted by molar-refractivity contribution is 7.71. The summed E-state index contributed by atoms with van der Waals surface area (Å²) >= 11 is 11.2. The van der Waals surface area contributed by atoms with Gasteiger partial charge in [0.25, 0.3) is 5.91 Å². The van der Waals surface area contributed by atoms with E-state index in [0.29, 0.717) is 32.4 Å². The number of halogens is 1. The zero-order valence-electron chi connectivity index (χ0n) is 13.9. The lowest BCUT2D eigenvalue weighted by molar-refractivity contribution is 0.0955. The molecule has 0 aliphatic rings. The van der Waals surface area contributed by atoms with Gasteiger partial charge in [0.2, 0.25) is 0 Å². The number of fused-ring (bicyclic) bond motifs is 1. The van der Waals surface area contributed by atoms with Crippen LogP contribution in [0.2, 0.25) is 5.02 Å². The Labute approximate surface area is 159 Å². The molecular weight excluding hydrogens is 376 g/mol. The lowest BCUT2D eigenvalue weighted by Gasteiger charge is -2.09. The van der Waals surface area contributed by atoms with Crippen molar-refractivity contribution in [3.63, 3.8) is 0 Å². The molecule has 3 aromatic rings. The van der Waals surface area contributed by atoms with Crippen LogP contribution < -0.4 is 14.9 Å². The van der Waals surface area contributed by atoms with Crippen molar-refractivity contribution in [3.05, 3.63) is 51.3 Å². The summed E-state index contributed by atoms with van der Waals surface area (Å²) in [5.41, 5.74) is 5.15. The van der Waals surface area contributed by atoms with Gasteiger partial charge in [-0.05, 0) is 48.1 Å². The van der Waals surface area contributed by atoms with Crippen molar-refractivity contribution in [2.75, 3.05) is 14.2 Å². The van der Waals surface area contributed by atoms with Gasteiger partial charge in [0, 0.05) is 5.56 Å². The summed E-state index contributed by atoms with van der Waals surface area (Å²) in [6.07, 6.45) is 1.47. The maximum Gasteiger partial charge on any atom is 0.271 e. The van der Waals surface area contributed by atoms with E-state index in [1.54, 1.807) is 30.3 Å². The number of hydrogen-bond donors (Lipinski definition) is 3. The number of H-pyrrole nitrogens is 2. The van der Waals surface area contributed by atoms with Gasteiger partial charge in [-0.15, -0.1) is 0 Å². The third kappa shape index (κ3) is 3.71. The van der Waals surface area contributed by atoms with E-state index in [0.717, 1.165) is 11.0 Å². The number of carbonyl (C=O) groups excluding carboxylic acids is 1. The molecule has 0 bridgehead atoms. The Balaban J connectivity index is 1.75. The number of amides is 1. The van der Waals surface area contributed by atoms with Crippen LogP contribution in [-0.2, 0) is 0 Å². The first-order valence-electron chi connectivity index (χ1n) is 7.49. The van der Waals surface area contributed by atoms with Crippen LogP contribution in [0.3, 0.4) is 0 Å². The lowest BCUT2D eigenvalue weighted by Crippen LogP contribution is -2.17. The Morgan fingerprint density at radius 3 is 2.69 bits per heavy atom. The molecule has 3 N–H and O–H groups in total. The van der Waals surface area contributed by atoms with Crippen LogP contribution >= 0.6 is 23.8 Å². The highest BCUT2D eigenvalue weighted by atomic mass is 35.5. The number of imidazole rings is 1. The molecule has 0 spiro atoms. The molecule has 3 rings (SSSR count). The third-order valence-electron chi connectivity index (χ3n) is 3.61. The number of methoxy groups -OCH3 is 2. The van der Waals surface area contributed by atoms with Gasteiger partial charge in [-0.3, -0.25) is 4.79 Å². The van der Waals surface area contributed by atoms with Crippen LogP contribution in [0.4, 0.5) is 0 Å². The second kappa shape index (κ2) is 7.59. The van der Waals surface area contributed by atoms with Crippen molar-refractivity contribution in [1.82, 2.24) is 15.4 Å². The van der Waals surface area contributed by atoms with E-state index in [1.165, 1.54) is 20.4 Å². The number of hydrazone groups is 1. The highest BCUT2D eigenvalue weighted by Gasteiger charge is 2.10. The Hall–Kier alpha value is -2.84. The fraction of sp³-hybridized carbons (Fsp3) is 0.118. The van der Waals surface area contributed by atoms with Gasteiger partial charge in [-0.25, -0.2) is 5.43 Å². The van der Waals surface area contributed by atoms with E-state index in [2.05, 4.69) is 20.5 Å². The molecular formula is C17H15ClN4O3S. The second-order valence-electron chi connectivity index (χ2n) is 5.28. The normalized spacial score (nSPS) is 11.0. The number of rotatable bonds is 5. The van der Waals surface area contributed by atoms with Crippen LogP contribution in [0, 0.1) is 4.77 Å². The maximum atomic E-state index is 12.2. The largest absolute Gasteiger partial charge is 0.493 e. The molecule has 7 nitrogen and oxygen atoms in total. The zero-order chi connectivity index (χ0) is 18.7. The molecule has 0 atom stereocenters. The minimum Gasteiger partial charge on any atom is -0.493 e. The van der Waals surface area contributed by atoms with E-state index in [4.69, 9.17) is 33.3 Å². The number of carbonyl (C=O) groups is 1. The summed E-state index contributed by atoms with van der Waals surface area (Å²) in [6, 6.07) is 8.50. The number of ether oxygens (including phenoxy) is 2. The van der Waals surface area contributed by atoms with Gasteiger partial charge in [-0.1, -0.05) is 11.6 Å². The summed E-state index contributed by atoms with van der Waals surface area (Å²) in [4.78, 5) is 18.2. The van der Waals surface area contributed by atoms with E-state index < -0.39 is 0 Å². The fourth-order valence-electron chi connectivity index (χ4n) is 2.42. The van der Waals surface area contributed by atoms with Crippen molar-refractivity contribution in [3.8, 4) is 11.5 Å². The predicted octanol–water partition coefficient (Wildman–Crippen LogP) is 3.66. The number of aromatic amines is 2. The zero-order valence-corrected chi connectivity index (χ0v) is 15.5. The lowest BCUT2D eigenvalue weighted by atomic mass is 10.2. The van der Waals surface area contributed by atoms with Gasteiger partial charge < -0.3 is 19.4 Å². The first kappa shape index (κ1) is 18.0. The summed E-state index contributed by atoms with van der Waals surface area (Å²) < 4.78 is 10.9. The second-order valence-corrected chi connectivity index (χ2v) is 6.09. The van der Waals surface area contributed by atoms with Crippen LogP contribution in [-0.4, -0.2) is 36.3 Å². The molecule has 0 saturated heterocycles. The standard InChI is InChI=1S/C17H15ClN4O3S/c1-24-14-6-9(5-11(18)15(14)25-2)8-19-22-16(23)10-3-4-12-13(7-10)21-17(26)20-12/h3-8H,1-2H3,(H,22,23)(H2,20,21,26)/b19-8-.